The van der Waals surface area contributed by atoms with Crippen molar-refractivity contribution >= 4 is 39.8 Å². The Morgan fingerprint density at radius 1 is 1.38 bits per heavy atom. The fraction of sp³-hybridized carbons (Fsp3) is 0.400. The number of pyridine rings is 1. The van der Waals surface area contributed by atoms with E-state index in [4.69, 9.17) is 16.3 Å². The number of hydrogen-bond donors (Lipinski definition) is 1. The van der Waals surface area contributed by atoms with Crippen molar-refractivity contribution in [1.82, 2.24) is 14.9 Å². The van der Waals surface area contributed by atoms with Gasteiger partial charge in [0.15, 0.2) is 0 Å². The molecule has 3 heterocycles. The van der Waals surface area contributed by atoms with Crippen molar-refractivity contribution in [3.63, 3.8) is 0 Å². The first-order valence-electron chi connectivity index (χ1n) is 11.0. The highest BCUT2D eigenvalue weighted by atomic mass is 35.5. The molecule has 0 spiro atoms. The molecule has 0 radical (unpaired) electrons. The lowest BCUT2D eigenvalue weighted by atomic mass is 9.74. The Balaban J connectivity index is 1.43. The van der Waals surface area contributed by atoms with E-state index in [2.05, 4.69) is 26.7 Å². The molecule has 1 fully saturated rings. The van der Waals surface area contributed by atoms with Gasteiger partial charge in [0.2, 0.25) is 0 Å². The van der Waals surface area contributed by atoms with E-state index in [1.165, 1.54) is 17.5 Å². The number of benzene rings is 1. The Labute approximate surface area is 206 Å². The summed E-state index contributed by atoms with van der Waals surface area (Å²) in [6, 6.07) is 5.23. The normalized spacial score (nSPS) is 16.6. The number of halogens is 2. The summed E-state index contributed by atoms with van der Waals surface area (Å²) in [5.41, 5.74) is 2.47. The molecule has 1 atom stereocenters. The molecule has 1 unspecified atom stereocenters. The van der Waals surface area contributed by atoms with Crippen molar-refractivity contribution in [1.29, 1.82) is 0 Å². The molecule has 0 bridgehead atoms. The van der Waals surface area contributed by atoms with Gasteiger partial charge in [-0.1, -0.05) is 17.5 Å². The first-order valence-corrected chi connectivity index (χ1v) is 12.3. The minimum absolute atomic E-state index is 0.0615. The standard InChI is InChI=1S/C25H25ClFN3O3S/c1-33-18-4-5-22-19(13-18)23(20(26)14-28-22)21(27)6-7-25(24(31)32)8-11-30(12-9-25)10-2-3-17-15-34-16-29-17/h4-5,13-16,21H,6-12H2,1H3,(H,31,32). The molecule has 1 aromatic carbocycles. The topological polar surface area (TPSA) is 75.6 Å². The molecule has 6 nitrogen and oxygen atoms in total. The Bertz CT molecular complexity index is 1220. The van der Waals surface area contributed by atoms with Crippen molar-refractivity contribution in [2.24, 2.45) is 5.41 Å². The zero-order valence-electron chi connectivity index (χ0n) is 18.8. The molecule has 34 heavy (non-hydrogen) atoms. The highest BCUT2D eigenvalue weighted by Gasteiger charge is 2.41. The number of carboxylic acids is 1. The van der Waals surface area contributed by atoms with Gasteiger partial charge in [0.1, 0.15) is 17.6 Å². The molecule has 3 aromatic rings. The van der Waals surface area contributed by atoms with Gasteiger partial charge in [0, 0.05) is 35.6 Å². The van der Waals surface area contributed by atoms with Gasteiger partial charge in [-0.15, -0.1) is 11.3 Å². The van der Waals surface area contributed by atoms with Crippen LogP contribution in [0.4, 0.5) is 4.39 Å². The number of ether oxygens (including phenoxy) is 1. The van der Waals surface area contributed by atoms with E-state index in [0.717, 1.165) is 5.69 Å². The van der Waals surface area contributed by atoms with E-state index in [9.17, 15) is 9.90 Å². The zero-order valence-corrected chi connectivity index (χ0v) is 20.3. The Kier molecular flexibility index (Phi) is 7.67. The number of carboxylic acid groups (broad SMARTS) is 1. The van der Waals surface area contributed by atoms with Gasteiger partial charge in [-0.05, 0) is 49.8 Å². The number of rotatable bonds is 7. The number of alkyl halides is 1. The molecule has 0 saturated carbocycles. The van der Waals surface area contributed by atoms with Crippen LogP contribution in [0.2, 0.25) is 5.02 Å². The quantitative estimate of drug-likeness (QED) is 0.439. The first-order chi connectivity index (χ1) is 16.4. The van der Waals surface area contributed by atoms with Crippen LogP contribution in [-0.2, 0) is 4.79 Å². The van der Waals surface area contributed by atoms with E-state index >= 15 is 4.39 Å². The molecule has 0 aliphatic carbocycles. The molecular formula is C25H25ClFN3O3S. The number of nitrogens with zero attached hydrogens (tertiary/aromatic N) is 3. The third kappa shape index (κ3) is 5.33. The van der Waals surface area contributed by atoms with E-state index < -0.39 is 17.6 Å². The molecular weight excluding hydrogens is 477 g/mol. The first kappa shape index (κ1) is 24.4. The largest absolute Gasteiger partial charge is 0.497 e. The highest BCUT2D eigenvalue weighted by Crippen LogP contribution is 2.42. The van der Waals surface area contributed by atoms with Crippen LogP contribution in [0.5, 0.6) is 5.75 Å². The molecule has 1 N–H and O–H groups in total. The maximum atomic E-state index is 15.5. The average molecular weight is 502 g/mol. The maximum absolute atomic E-state index is 15.5. The molecule has 9 heteroatoms. The van der Waals surface area contributed by atoms with Crippen molar-refractivity contribution in [3.05, 3.63) is 51.6 Å². The maximum Gasteiger partial charge on any atom is 0.309 e. The van der Waals surface area contributed by atoms with Gasteiger partial charge in [0.05, 0.1) is 35.1 Å². The number of piperidine rings is 1. The number of aliphatic carboxylic acids is 1. The number of likely N-dealkylation sites (tertiary alicyclic amines) is 1. The zero-order chi connectivity index (χ0) is 24.1. The van der Waals surface area contributed by atoms with E-state index in [1.54, 1.807) is 30.8 Å². The number of fused-ring (bicyclic) bond motifs is 1. The Hall–Kier alpha value is -2.73. The molecule has 1 saturated heterocycles. The summed E-state index contributed by atoms with van der Waals surface area (Å²) in [7, 11) is 1.54. The Morgan fingerprint density at radius 3 is 2.85 bits per heavy atom. The van der Waals surface area contributed by atoms with Crippen LogP contribution in [-0.4, -0.2) is 52.7 Å². The highest BCUT2D eigenvalue weighted by molar-refractivity contribution is 7.07. The summed E-state index contributed by atoms with van der Waals surface area (Å²) in [5.74, 6) is 5.82. The minimum Gasteiger partial charge on any atom is -0.497 e. The van der Waals surface area contributed by atoms with Gasteiger partial charge in [-0.3, -0.25) is 14.7 Å². The smallest absolute Gasteiger partial charge is 0.309 e. The summed E-state index contributed by atoms with van der Waals surface area (Å²) in [5, 5.41) is 12.7. The van der Waals surface area contributed by atoms with Gasteiger partial charge in [-0.2, -0.15) is 0 Å². The van der Waals surface area contributed by atoms with Gasteiger partial charge < -0.3 is 9.84 Å². The van der Waals surface area contributed by atoms with Crippen LogP contribution in [0, 0.1) is 17.3 Å². The van der Waals surface area contributed by atoms with E-state index in [1.807, 2.05) is 5.38 Å². The summed E-state index contributed by atoms with van der Waals surface area (Å²) in [6.45, 7) is 1.76. The summed E-state index contributed by atoms with van der Waals surface area (Å²) in [6.07, 6.45) is 1.22. The molecule has 4 rings (SSSR count). The van der Waals surface area contributed by atoms with Crippen LogP contribution in [0.25, 0.3) is 10.9 Å². The third-order valence-corrected chi connectivity index (χ3v) is 7.36. The molecule has 2 aromatic heterocycles. The Morgan fingerprint density at radius 2 is 2.18 bits per heavy atom. The number of thiazole rings is 1. The van der Waals surface area contributed by atoms with Crippen LogP contribution in [0.3, 0.4) is 0 Å². The fourth-order valence-corrected chi connectivity index (χ4v) is 5.14. The number of methoxy groups -OCH3 is 1. The van der Waals surface area contributed by atoms with E-state index in [-0.39, 0.29) is 17.9 Å². The van der Waals surface area contributed by atoms with Gasteiger partial charge in [0.25, 0.3) is 0 Å². The lowest BCUT2D eigenvalue weighted by Gasteiger charge is -2.38. The second kappa shape index (κ2) is 10.7. The van der Waals surface area contributed by atoms with E-state index in [0.29, 0.717) is 54.7 Å². The molecule has 1 aliphatic heterocycles. The van der Waals surface area contributed by atoms with Crippen LogP contribution < -0.4 is 4.74 Å². The second-order valence-corrected chi connectivity index (χ2v) is 9.57. The molecule has 0 amide bonds. The van der Waals surface area contributed by atoms with Crippen molar-refractivity contribution in [3.8, 4) is 17.6 Å². The van der Waals surface area contributed by atoms with Gasteiger partial charge >= 0.3 is 5.97 Å². The van der Waals surface area contributed by atoms with Crippen LogP contribution >= 0.6 is 22.9 Å². The van der Waals surface area contributed by atoms with Crippen LogP contribution in [0.1, 0.15) is 43.1 Å². The predicted molar refractivity (Wildman–Crippen MR) is 131 cm³/mol. The summed E-state index contributed by atoms with van der Waals surface area (Å²) < 4.78 is 20.8. The third-order valence-electron chi connectivity index (χ3n) is 6.48. The van der Waals surface area contributed by atoms with Crippen molar-refractivity contribution in [2.45, 2.75) is 31.9 Å². The second-order valence-electron chi connectivity index (χ2n) is 8.45. The van der Waals surface area contributed by atoms with Crippen LogP contribution in [0.15, 0.2) is 35.3 Å². The lowest BCUT2D eigenvalue weighted by molar-refractivity contribution is -0.152. The minimum atomic E-state index is -1.41. The number of hydrogen-bond acceptors (Lipinski definition) is 6. The summed E-state index contributed by atoms with van der Waals surface area (Å²) >= 11 is 7.83. The van der Waals surface area contributed by atoms with Crippen molar-refractivity contribution < 1.29 is 19.0 Å². The molecule has 178 valence electrons. The monoisotopic (exact) mass is 501 g/mol. The molecule has 1 aliphatic rings. The van der Waals surface area contributed by atoms with Gasteiger partial charge in [-0.25, -0.2) is 9.37 Å². The SMILES string of the molecule is COc1ccc2ncc(Cl)c(C(F)CCC3(C(=O)O)CCN(CC#Cc4cscn4)CC3)c2c1. The average Bonchev–Trinajstić information content (AvgIpc) is 3.36. The predicted octanol–water partition coefficient (Wildman–Crippen LogP) is 5.36. The summed E-state index contributed by atoms with van der Waals surface area (Å²) in [4.78, 5) is 22.8. The number of carbonyl (C=O) groups is 1. The lowest BCUT2D eigenvalue weighted by Crippen LogP contribution is -2.44. The number of aromatic nitrogens is 2. The van der Waals surface area contributed by atoms with Crippen molar-refractivity contribution in [2.75, 3.05) is 26.7 Å². The fourth-order valence-electron chi connectivity index (χ4n) is 4.39.